The number of aliphatic hydroxyl groups is 1. The second kappa shape index (κ2) is 13.2. The van der Waals surface area contributed by atoms with Crippen LogP contribution in [0.2, 0.25) is 0 Å². The molecule has 3 aromatic rings. The molecule has 7 rings (SSSR count). The minimum absolute atomic E-state index is 0.118. The number of cyclic esters (lactones) is 1. The number of likely N-dealkylation sites (N-methyl/N-ethyl adjacent to an activating group) is 1. The molecule has 2 saturated heterocycles. The number of allylic oxidation sites excluding steroid dienone is 1. The third-order valence-electron chi connectivity index (χ3n) is 10.4. The third kappa shape index (κ3) is 5.57. The summed E-state index contributed by atoms with van der Waals surface area (Å²) >= 11 is 3.59. The van der Waals surface area contributed by atoms with Gasteiger partial charge in [0.05, 0.1) is 18.6 Å². The number of anilines is 1. The number of β-amino-alcohol motifs (C(OH)–C–C–N with tert-alkyl or cyclic N) is 1. The highest BCUT2D eigenvalue weighted by atomic mass is 79.9. The second-order valence-electron chi connectivity index (χ2n) is 13.1. The fraction of sp³-hybridized carbons (Fsp3) is 0.368. The number of hydrogen-bond donors (Lipinski definition) is 1. The number of esters is 1. The molecule has 0 saturated carbocycles. The van der Waals surface area contributed by atoms with E-state index in [1.54, 1.807) is 22.9 Å². The molecule has 11 heteroatoms. The lowest BCUT2D eigenvalue weighted by atomic mass is 9.74. The molecule has 3 amide bonds. The van der Waals surface area contributed by atoms with E-state index in [-0.39, 0.29) is 32.0 Å². The van der Waals surface area contributed by atoms with Gasteiger partial charge in [-0.25, -0.2) is 0 Å². The lowest BCUT2D eigenvalue weighted by molar-refractivity contribution is -0.164. The highest BCUT2D eigenvalue weighted by Gasteiger charge is 2.75. The van der Waals surface area contributed by atoms with Crippen molar-refractivity contribution in [3.8, 4) is 0 Å². The number of rotatable bonds is 4. The summed E-state index contributed by atoms with van der Waals surface area (Å²) < 4.78 is 13.4. The van der Waals surface area contributed by atoms with Crippen LogP contribution in [0.15, 0.2) is 95.5 Å². The number of likely N-dealkylation sites (tertiary alicyclic amines) is 1. The first-order valence-corrected chi connectivity index (χ1v) is 17.4. The highest BCUT2D eigenvalue weighted by molar-refractivity contribution is 9.11. The molecule has 1 N–H and O–H groups in total. The van der Waals surface area contributed by atoms with Gasteiger partial charge < -0.3 is 29.3 Å². The van der Waals surface area contributed by atoms with Crippen molar-refractivity contribution in [1.29, 1.82) is 0 Å². The minimum Gasteiger partial charge on any atom is -0.455 e. The predicted octanol–water partition coefficient (Wildman–Crippen LogP) is 4.52. The maximum atomic E-state index is 15.0. The number of carbonyl (C=O) groups excluding carboxylic acids is 4. The fourth-order valence-electron chi connectivity index (χ4n) is 7.83. The van der Waals surface area contributed by atoms with E-state index >= 15 is 0 Å². The van der Waals surface area contributed by atoms with Crippen molar-refractivity contribution in [2.45, 2.75) is 49.7 Å². The Bertz CT molecular complexity index is 1860. The highest BCUT2D eigenvalue weighted by Crippen LogP contribution is 2.59. The van der Waals surface area contributed by atoms with Crippen molar-refractivity contribution in [2.75, 3.05) is 31.6 Å². The quantitative estimate of drug-likeness (QED) is 0.311. The molecule has 10 nitrogen and oxygen atoms in total. The van der Waals surface area contributed by atoms with Crippen LogP contribution < -0.4 is 4.90 Å². The van der Waals surface area contributed by atoms with Crippen LogP contribution >= 0.6 is 15.9 Å². The Hall–Kier alpha value is -4.32. The molecule has 0 aliphatic carbocycles. The first kappa shape index (κ1) is 33.2. The lowest BCUT2D eigenvalue weighted by Crippen LogP contribution is -2.56. The van der Waals surface area contributed by atoms with Crippen molar-refractivity contribution in [3.63, 3.8) is 0 Å². The Labute approximate surface area is 293 Å². The second-order valence-corrected chi connectivity index (χ2v) is 14.0. The smallest absolute Gasteiger partial charge is 0.313 e. The van der Waals surface area contributed by atoms with Gasteiger partial charge in [0.25, 0.3) is 5.91 Å². The number of amides is 3. The molecule has 0 radical (unpaired) electrons. The third-order valence-corrected chi connectivity index (χ3v) is 11.1. The van der Waals surface area contributed by atoms with Gasteiger partial charge in [-0.05, 0) is 47.9 Å². The van der Waals surface area contributed by atoms with Gasteiger partial charge in [-0.1, -0.05) is 88.7 Å². The minimum atomic E-state index is -1.48. The van der Waals surface area contributed by atoms with Gasteiger partial charge in [-0.2, -0.15) is 0 Å². The molecule has 4 heterocycles. The van der Waals surface area contributed by atoms with Crippen LogP contribution in [-0.4, -0.2) is 89.1 Å². The standard InChI is InChI=1S/C38H38BrN3O7/c1-23-32(25-12-5-3-6-13-25)48-37(47)30-31-35(45)42(19-20-43)34(38(31)22-28(39)33(30)49-38)36(46)41(18-10-4-7-15-29(44)40(23)2)27-17-16-24-11-8-9-14-26(24)21-27/h3-6,8-14,16-17,21-23,30-34,43H,7,15,18-20H2,1-2H3/b10-4-/t23-,30+,31-,32+,33+,34+,38-/m1/s1. The Balaban J connectivity index is 1.35. The van der Waals surface area contributed by atoms with Crippen LogP contribution in [0.1, 0.15) is 31.4 Å². The molecule has 4 aliphatic heterocycles. The van der Waals surface area contributed by atoms with E-state index in [4.69, 9.17) is 9.47 Å². The van der Waals surface area contributed by atoms with Crippen LogP contribution in [0, 0.1) is 11.8 Å². The summed E-state index contributed by atoms with van der Waals surface area (Å²) in [6, 6.07) is 21.1. The van der Waals surface area contributed by atoms with Gasteiger partial charge in [-0.15, -0.1) is 0 Å². The van der Waals surface area contributed by atoms with Gasteiger partial charge in [0, 0.05) is 36.7 Å². The van der Waals surface area contributed by atoms with E-state index in [2.05, 4.69) is 15.9 Å². The van der Waals surface area contributed by atoms with E-state index in [0.717, 1.165) is 10.8 Å². The molecule has 5 bridgehead atoms. The maximum Gasteiger partial charge on any atom is 0.313 e. The van der Waals surface area contributed by atoms with E-state index < -0.39 is 59.5 Å². The summed E-state index contributed by atoms with van der Waals surface area (Å²) in [6.07, 6.45) is 4.43. The molecule has 2 fully saturated rings. The van der Waals surface area contributed by atoms with E-state index in [1.807, 2.05) is 91.9 Å². The number of halogens is 1. The van der Waals surface area contributed by atoms with Gasteiger partial charge in [0.1, 0.15) is 29.8 Å². The Kier molecular flexibility index (Phi) is 8.93. The molecule has 0 unspecified atom stereocenters. The van der Waals surface area contributed by atoms with Crippen molar-refractivity contribution in [2.24, 2.45) is 11.8 Å². The number of benzene rings is 3. The molecule has 7 atom stereocenters. The summed E-state index contributed by atoms with van der Waals surface area (Å²) in [5.41, 5.74) is -0.165. The molecule has 254 valence electrons. The first-order valence-electron chi connectivity index (χ1n) is 16.6. The SMILES string of the molecule is C[C@@H]1[C@@H](c2ccccc2)OC(=O)[C@@H]2[C@H]3O[C@@]4(C=C3Br)[C@H](C(=O)N(c3ccc5ccccc5c3)C/C=C\CCC(=O)N1C)N(CCO)C(=O)[C@@H]24. The van der Waals surface area contributed by atoms with Crippen molar-refractivity contribution < 1.29 is 33.8 Å². The fourth-order valence-corrected chi connectivity index (χ4v) is 8.57. The molecule has 3 aromatic carbocycles. The normalized spacial score (nSPS) is 31.3. The van der Waals surface area contributed by atoms with Crippen LogP contribution in [-0.2, 0) is 28.7 Å². The molecule has 1 spiro atoms. The Morgan fingerprint density at radius 2 is 1.65 bits per heavy atom. The molecular formula is C38H38BrN3O7. The molecule has 0 aromatic heterocycles. The van der Waals surface area contributed by atoms with Gasteiger partial charge >= 0.3 is 5.97 Å². The molecule has 49 heavy (non-hydrogen) atoms. The number of carbonyl (C=O) groups is 4. The van der Waals surface area contributed by atoms with Crippen LogP contribution in [0.4, 0.5) is 5.69 Å². The number of fused-ring (bicyclic) bond motifs is 3. The summed E-state index contributed by atoms with van der Waals surface area (Å²) in [7, 11) is 1.70. The number of aliphatic hydroxyl groups excluding tert-OH is 1. The Morgan fingerprint density at radius 3 is 2.41 bits per heavy atom. The largest absolute Gasteiger partial charge is 0.455 e. The predicted molar refractivity (Wildman–Crippen MR) is 186 cm³/mol. The first-order chi connectivity index (χ1) is 23.7. The van der Waals surface area contributed by atoms with Gasteiger partial charge in [0.15, 0.2) is 0 Å². The van der Waals surface area contributed by atoms with Crippen molar-refractivity contribution in [3.05, 3.63) is 101 Å². The summed E-state index contributed by atoms with van der Waals surface area (Å²) in [4.78, 5) is 61.7. The Morgan fingerprint density at radius 1 is 0.918 bits per heavy atom. The van der Waals surface area contributed by atoms with E-state index in [9.17, 15) is 24.3 Å². The molecular weight excluding hydrogens is 690 g/mol. The number of ether oxygens (including phenoxy) is 2. The molecule has 4 aliphatic rings. The zero-order valence-corrected chi connectivity index (χ0v) is 28.9. The average Bonchev–Trinajstić information content (AvgIpc) is 3.70. The van der Waals surface area contributed by atoms with Crippen molar-refractivity contribution in [1.82, 2.24) is 9.80 Å². The summed E-state index contributed by atoms with van der Waals surface area (Å²) in [6.45, 7) is 1.49. The van der Waals surface area contributed by atoms with Gasteiger partial charge in [-0.3, -0.25) is 19.2 Å². The zero-order chi connectivity index (χ0) is 34.4. The lowest BCUT2D eigenvalue weighted by Gasteiger charge is -2.35. The number of nitrogens with zero attached hydrogens (tertiary/aromatic N) is 3. The summed E-state index contributed by atoms with van der Waals surface area (Å²) in [5.74, 6) is -3.79. The van der Waals surface area contributed by atoms with Crippen LogP contribution in [0.25, 0.3) is 10.8 Å². The topological polar surface area (TPSA) is 117 Å². The van der Waals surface area contributed by atoms with E-state index in [1.165, 1.54) is 4.90 Å². The zero-order valence-electron chi connectivity index (χ0n) is 27.3. The average molecular weight is 729 g/mol. The van der Waals surface area contributed by atoms with Crippen LogP contribution in [0.3, 0.4) is 0 Å². The maximum absolute atomic E-state index is 15.0. The number of hydrogen-bond acceptors (Lipinski definition) is 7. The van der Waals surface area contributed by atoms with Crippen molar-refractivity contribution >= 4 is 56.1 Å². The van der Waals surface area contributed by atoms with E-state index in [0.29, 0.717) is 22.2 Å². The van der Waals surface area contributed by atoms with Crippen LogP contribution in [0.5, 0.6) is 0 Å². The summed E-state index contributed by atoms with van der Waals surface area (Å²) in [5, 5.41) is 12.1. The van der Waals surface area contributed by atoms with Gasteiger partial charge in [0.2, 0.25) is 11.8 Å². The monoisotopic (exact) mass is 727 g/mol.